The predicted octanol–water partition coefficient (Wildman–Crippen LogP) is 0.862. The van der Waals surface area contributed by atoms with E-state index in [1.807, 2.05) is 6.92 Å². The van der Waals surface area contributed by atoms with Gasteiger partial charge in [0, 0.05) is 6.54 Å². The van der Waals surface area contributed by atoms with Gasteiger partial charge in [-0.25, -0.2) is 0 Å². The Labute approximate surface area is 95.2 Å². The molecular weight excluding hydrogens is 211 g/mol. The lowest BCUT2D eigenvalue weighted by atomic mass is 9.95. The standard InChI is InChI=1S/C11H19FN2O2/c1-4-8-9(15)13-11(2,3)10(16)14(8)7-5-6-12/h8H,4-7H2,1-3H3,(H,13,15). The Morgan fingerprint density at radius 1 is 1.44 bits per heavy atom. The minimum absolute atomic E-state index is 0.132. The zero-order valence-corrected chi connectivity index (χ0v) is 10.0. The molecule has 1 rings (SSSR count). The maximum atomic E-state index is 12.2. The average Bonchev–Trinajstić information content (AvgIpc) is 2.20. The molecule has 2 amide bonds. The van der Waals surface area contributed by atoms with E-state index in [2.05, 4.69) is 5.32 Å². The van der Waals surface area contributed by atoms with Gasteiger partial charge < -0.3 is 10.2 Å². The van der Waals surface area contributed by atoms with Crippen molar-refractivity contribution < 1.29 is 14.0 Å². The van der Waals surface area contributed by atoms with E-state index in [0.717, 1.165) is 0 Å². The van der Waals surface area contributed by atoms with Gasteiger partial charge >= 0.3 is 0 Å². The highest BCUT2D eigenvalue weighted by molar-refractivity contribution is 5.99. The molecule has 16 heavy (non-hydrogen) atoms. The minimum atomic E-state index is -0.876. The molecule has 1 heterocycles. The van der Waals surface area contributed by atoms with Crippen molar-refractivity contribution in [1.29, 1.82) is 0 Å². The lowest BCUT2D eigenvalue weighted by Gasteiger charge is -2.42. The molecule has 0 aromatic rings. The van der Waals surface area contributed by atoms with Gasteiger partial charge in [-0.2, -0.15) is 0 Å². The van der Waals surface area contributed by atoms with Gasteiger partial charge in [-0.1, -0.05) is 6.92 Å². The van der Waals surface area contributed by atoms with Crippen molar-refractivity contribution in [3.63, 3.8) is 0 Å². The summed E-state index contributed by atoms with van der Waals surface area (Å²) < 4.78 is 12.2. The molecule has 0 aromatic heterocycles. The van der Waals surface area contributed by atoms with Crippen molar-refractivity contribution in [3.8, 4) is 0 Å². The number of hydrogen-bond donors (Lipinski definition) is 1. The Morgan fingerprint density at radius 3 is 2.56 bits per heavy atom. The fraction of sp³-hybridized carbons (Fsp3) is 0.818. The monoisotopic (exact) mass is 230 g/mol. The number of nitrogens with one attached hydrogen (secondary N) is 1. The van der Waals surface area contributed by atoms with Crippen LogP contribution >= 0.6 is 0 Å². The van der Waals surface area contributed by atoms with E-state index in [1.165, 1.54) is 4.90 Å². The van der Waals surface area contributed by atoms with E-state index in [4.69, 9.17) is 0 Å². The van der Waals surface area contributed by atoms with Crippen LogP contribution in [0.3, 0.4) is 0 Å². The predicted molar refractivity (Wildman–Crippen MR) is 58.6 cm³/mol. The second-order valence-corrected chi connectivity index (χ2v) is 4.58. The second kappa shape index (κ2) is 4.80. The molecule has 0 saturated carbocycles. The molecular formula is C11H19FN2O2. The van der Waals surface area contributed by atoms with Crippen LogP contribution in [0.25, 0.3) is 0 Å². The number of rotatable bonds is 4. The molecule has 92 valence electrons. The average molecular weight is 230 g/mol. The summed E-state index contributed by atoms with van der Waals surface area (Å²) in [6, 6.07) is -0.452. The molecule has 1 fully saturated rings. The lowest BCUT2D eigenvalue weighted by molar-refractivity contribution is -0.153. The van der Waals surface area contributed by atoms with Crippen molar-refractivity contribution >= 4 is 11.8 Å². The molecule has 1 unspecified atom stereocenters. The van der Waals surface area contributed by atoms with Gasteiger partial charge in [-0.15, -0.1) is 0 Å². The normalized spacial score (nSPS) is 24.5. The quantitative estimate of drug-likeness (QED) is 0.778. The number of carbonyl (C=O) groups is 2. The van der Waals surface area contributed by atoms with Gasteiger partial charge in [0.15, 0.2) is 0 Å². The molecule has 1 aliphatic rings. The van der Waals surface area contributed by atoms with Gasteiger partial charge in [-0.3, -0.25) is 14.0 Å². The van der Waals surface area contributed by atoms with Crippen molar-refractivity contribution in [3.05, 3.63) is 0 Å². The Kier molecular flexibility index (Phi) is 3.88. The molecule has 0 aliphatic carbocycles. The molecule has 5 heteroatoms. The van der Waals surface area contributed by atoms with Gasteiger partial charge in [0.2, 0.25) is 11.8 Å². The van der Waals surface area contributed by atoms with Crippen molar-refractivity contribution in [2.45, 2.75) is 45.2 Å². The maximum absolute atomic E-state index is 12.2. The van der Waals surface area contributed by atoms with Crippen LogP contribution in [0.2, 0.25) is 0 Å². The fourth-order valence-corrected chi connectivity index (χ4v) is 1.98. The number of alkyl halides is 1. The summed E-state index contributed by atoms with van der Waals surface area (Å²) >= 11 is 0. The highest BCUT2D eigenvalue weighted by Crippen LogP contribution is 2.20. The Balaban J connectivity index is 2.87. The summed E-state index contributed by atoms with van der Waals surface area (Å²) in [6.07, 6.45) is 0.839. The molecule has 1 aliphatic heterocycles. The minimum Gasteiger partial charge on any atom is -0.340 e. The van der Waals surface area contributed by atoms with Crippen LogP contribution in [0.1, 0.15) is 33.6 Å². The molecule has 0 bridgehead atoms. The molecule has 1 N–H and O–H groups in total. The summed E-state index contributed by atoms with van der Waals surface area (Å²) in [4.78, 5) is 25.3. The summed E-state index contributed by atoms with van der Waals surface area (Å²) in [7, 11) is 0. The lowest BCUT2D eigenvalue weighted by Crippen LogP contribution is -2.68. The number of amides is 2. The van der Waals surface area contributed by atoms with E-state index in [1.54, 1.807) is 13.8 Å². The topological polar surface area (TPSA) is 49.4 Å². The van der Waals surface area contributed by atoms with Crippen molar-refractivity contribution in [1.82, 2.24) is 10.2 Å². The van der Waals surface area contributed by atoms with Gasteiger partial charge in [0.25, 0.3) is 0 Å². The van der Waals surface area contributed by atoms with Crippen LogP contribution in [0.5, 0.6) is 0 Å². The van der Waals surface area contributed by atoms with Gasteiger partial charge in [0.05, 0.1) is 6.67 Å². The molecule has 0 aromatic carbocycles. The van der Waals surface area contributed by atoms with E-state index >= 15 is 0 Å². The van der Waals surface area contributed by atoms with Gasteiger partial charge in [-0.05, 0) is 26.7 Å². The van der Waals surface area contributed by atoms with Gasteiger partial charge in [0.1, 0.15) is 11.6 Å². The summed E-state index contributed by atoms with van der Waals surface area (Å²) in [5.41, 5.74) is -0.876. The second-order valence-electron chi connectivity index (χ2n) is 4.58. The Morgan fingerprint density at radius 2 is 2.06 bits per heavy atom. The number of nitrogens with zero attached hydrogens (tertiary/aromatic N) is 1. The van der Waals surface area contributed by atoms with Crippen LogP contribution in [-0.2, 0) is 9.59 Å². The highest BCUT2D eigenvalue weighted by atomic mass is 19.1. The van der Waals surface area contributed by atoms with Crippen LogP contribution in [0, 0.1) is 0 Å². The van der Waals surface area contributed by atoms with E-state index in [-0.39, 0.29) is 18.2 Å². The zero-order valence-electron chi connectivity index (χ0n) is 10.0. The highest BCUT2D eigenvalue weighted by Gasteiger charge is 2.43. The zero-order chi connectivity index (χ0) is 12.3. The Bertz CT molecular complexity index is 292. The van der Waals surface area contributed by atoms with E-state index < -0.39 is 18.3 Å². The molecule has 4 nitrogen and oxygen atoms in total. The molecule has 1 saturated heterocycles. The van der Waals surface area contributed by atoms with E-state index in [0.29, 0.717) is 13.0 Å². The first kappa shape index (κ1) is 12.9. The molecule has 0 spiro atoms. The Hall–Kier alpha value is -1.13. The van der Waals surface area contributed by atoms with Crippen molar-refractivity contribution in [2.75, 3.05) is 13.2 Å². The number of carbonyl (C=O) groups excluding carboxylic acids is 2. The molecule has 0 radical (unpaired) electrons. The first-order chi connectivity index (χ1) is 7.44. The SMILES string of the molecule is CCC1C(=O)NC(C)(C)C(=O)N1CCCF. The van der Waals surface area contributed by atoms with Crippen LogP contribution in [0.4, 0.5) is 4.39 Å². The maximum Gasteiger partial charge on any atom is 0.248 e. The third-order valence-electron chi connectivity index (χ3n) is 2.83. The van der Waals surface area contributed by atoms with Crippen LogP contribution < -0.4 is 5.32 Å². The third kappa shape index (κ3) is 2.33. The van der Waals surface area contributed by atoms with E-state index in [9.17, 15) is 14.0 Å². The molecule has 1 atom stereocenters. The smallest absolute Gasteiger partial charge is 0.248 e. The van der Waals surface area contributed by atoms with Crippen LogP contribution in [0.15, 0.2) is 0 Å². The first-order valence-electron chi connectivity index (χ1n) is 5.63. The summed E-state index contributed by atoms with van der Waals surface area (Å²) in [5, 5.41) is 2.69. The first-order valence-corrected chi connectivity index (χ1v) is 5.63. The summed E-state index contributed by atoms with van der Waals surface area (Å²) in [5.74, 6) is -0.279. The van der Waals surface area contributed by atoms with Crippen molar-refractivity contribution in [2.24, 2.45) is 0 Å². The number of piperazine rings is 1. The fourth-order valence-electron chi connectivity index (χ4n) is 1.98. The number of hydrogen-bond acceptors (Lipinski definition) is 2. The van der Waals surface area contributed by atoms with Crippen LogP contribution in [-0.4, -0.2) is 41.5 Å². The largest absolute Gasteiger partial charge is 0.340 e. The number of halogens is 1. The summed E-state index contributed by atoms with van der Waals surface area (Å²) in [6.45, 7) is 5.02. The third-order valence-corrected chi connectivity index (χ3v) is 2.83.